The Balaban J connectivity index is 3.12. The van der Waals surface area contributed by atoms with Crippen LogP contribution in [0, 0.1) is 0 Å². The molecule has 0 radical (unpaired) electrons. The highest BCUT2D eigenvalue weighted by molar-refractivity contribution is 9.10. The average molecular weight is 180 g/mol. The van der Waals surface area contributed by atoms with Crippen molar-refractivity contribution in [1.29, 1.82) is 0 Å². The molecule has 0 saturated carbocycles. The molecule has 0 atom stereocenters. The van der Waals surface area contributed by atoms with E-state index in [1.165, 1.54) is 0 Å². The minimum atomic E-state index is 0.722. The summed E-state index contributed by atoms with van der Waals surface area (Å²) in [7, 11) is 0. The molecule has 1 rings (SSSR count). The van der Waals surface area contributed by atoms with E-state index in [9.17, 15) is 0 Å². The van der Waals surface area contributed by atoms with Gasteiger partial charge in [-0.2, -0.15) is 0 Å². The van der Waals surface area contributed by atoms with Crippen LogP contribution in [0.3, 0.4) is 0 Å². The smallest absolute Gasteiger partial charge is 0.101 e. The first-order valence-corrected chi connectivity index (χ1v) is 2.96. The third-order valence-corrected chi connectivity index (χ3v) is 1.85. The van der Waals surface area contributed by atoms with Gasteiger partial charge in [-0.15, -0.1) is 0 Å². The molecule has 1 heterocycles. The summed E-state index contributed by atoms with van der Waals surface area (Å²) in [6.07, 6.45) is 1.77. The highest BCUT2D eigenvalue weighted by atomic mass is 79.9. The van der Waals surface area contributed by atoms with Gasteiger partial charge in [0.05, 0.1) is 5.02 Å². The van der Waals surface area contributed by atoms with Gasteiger partial charge in [-0.1, -0.05) is 11.6 Å². The Labute approximate surface area is 54.8 Å². The Bertz CT molecular complexity index is 144. The molecule has 3 heteroatoms. The van der Waals surface area contributed by atoms with E-state index in [1.807, 2.05) is 0 Å². The third-order valence-electron chi connectivity index (χ3n) is 0.649. The fourth-order valence-corrected chi connectivity index (χ4v) is 0.712. The summed E-state index contributed by atoms with van der Waals surface area (Å²) in [6, 6.07) is 1.78. The largest absolute Gasteiger partial charge is 0.355 e. The maximum atomic E-state index is 5.55. The lowest BCUT2D eigenvalue weighted by molar-refractivity contribution is 1.36. The lowest BCUT2D eigenvalue weighted by atomic mass is 10.7. The second kappa shape index (κ2) is 1.88. The van der Waals surface area contributed by atoms with E-state index >= 15 is 0 Å². The molecule has 0 aliphatic rings. The number of nitrogens with one attached hydrogen (secondary N) is 1. The van der Waals surface area contributed by atoms with Gasteiger partial charge in [-0.25, -0.2) is 0 Å². The number of hydrogen-bond donors (Lipinski definition) is 1. The van der Waals surface area contributed by atoms with Crippen LogP contribution in [-0.2, 0) is 0 Å². The third kappa shape index (κ3) is 0.983. The van der Waals surface area contributed by atoms with Crippen LogP contribution in [0.15, 0.2) is 16.9 Å². The Morgan fingerprint density at radius 1 is 1.71 bits per heavy atom. The number of rotatable bonds is 0. The first kappa shape index (κ1) is 5.19. The van der Waals surface area contributed by atoms with Crippen molar-refractivity contribution in [2.75, 3.05) is 0 Å². The van der Waals surface area contributed by atoms with Crippen molar-refractivity contribution in [2.24, 2.45) is 0 Å². The second-order valence-corrected chi connectivity index (χ2v) is 2.34. The Morgan fingerprint density at radius 2 is 2.43 bits per heavy atom. The molecule has 0 amide bonds. The lowest BCUT2D eigenvalue weighted by Crippen LogP contribution is -1.54. The Morgan fingerprint density at radius 3 is 2.57 bits per heavy atom. The Hall–Kier alpha value is 0.0500. The van der Waals surface area contributed by atoms with E-state index in [2.05, 4.69) is 20.9 Å². The van der Waals surface area contributed by atoms with Crippen LogP contribution in [0.25, 0.3) is 0 Å². The summed E-state index contributed by atoms with van der Waals surface area (Å²) < 4.78 is 0.842. The van der Waals surface area contributed by atoms with Crippen LogP contribution in [0.2, 0.25) is 5.02 Å². The summed E-state index contributed by atoms with van der Waals surface area (Å²) in [5.74, 6) is 0. The number of hydrogen-bond acceptors (Lipinski definition) is 0. The van der Waals surface area contributed by atoms with Gasteiger partial charge in [-0.05, 0) is 22.0 Å². The second-order valence-electron chi connectivity index (χ2n) is 1.14. The molecule has 1 aromatic heterocycles. The fraction of sp³-hybridized carbons (Fsp3) is 0. The molecule has 0 saturated heterocycles. The molecule has 1 aromatic rings. The molecular formula is C4H3BrClN. The van der Waals surface area contributed by atoms with Gasteiger partial charge in [0.1, 0.15) is 4.60 Å². The fourth-order valence-electron chi connectivity index (χ4n) is 0.330. The maximum absolute atomic E-state index is 5.55. The predicted molar refractivity (Wildman–Crippen MR) is 33.5 cm³/mol. The predicted octanol–water partition coefficient (Wildman–Crippen LogP) is 2.43. The minimum absolute atomic E-state index is 0.722. The van der Waals surface area contributed by atoms with E-state index in [0.717, 1.165) is 9.63 Å². The molecule has 38 valence electrons. The van der Waals surface area contributed by atoms with Gasteiger partial charge in [0.15, 0.2) is 0 Å². The topological polar surface area (TPSA) is 15.8 Å². The van der Waals surface area contributed by atoms with E-state index < -0.39 is 0 Å². The van der Waals surface area contributed by atoms with Crippen LogP contribution in [0.4, 0.5) is 0 Å². The summed E-state index contributed by atoms with van der Waals surface area (Å²) in [5.41, 5.74) is 0. The maximum Gasteiger partial charge on any atom is 0.101 e. The SMILES string of the molecule is Clc1cc[nH]c1Br. The highest BCUT2D eigenvalue weighted by Gasteiger charge is 1.90. The first-order valence-electron chi connectivity index (χ1n) is 1.79. The molecule has 0 aliphatic heterocycles. The molecule has 1 nitrogen and oxygen atoms in total. The van der Waals surface area contributed by atoms with Crippen molar-refractivity contribution in [3.05, 3.63) is 21.9 Å². The highest BCUT2D eigenvalue weighted by Crippen LogP contribution is 2.18. The summed E-state index contributed by atoms with van der Waals surface area (Å²) >= 11 is 8.72. The zero-order valence-corrected chi connectivity index (χ0v) is 5.75. The van der Waals surface area contributed by atoms with Crippen LogP contribution < -0.4 is 0 Å². The van der Waals surface area contributed by atoms with Crippen LogP contribution in [-0.4, -0.2) is 4.98 Å². The normalized spacial score (nSPS) is 9.43. The van der Waals surface area contributed by atoms with Crippen LogP contribution in [0.5, 0.6) is 0 Å². The molecule has 0 unspecified atom stereocenters. The van der Waals surface area contributed by atoms with Crippen molar-refractivity contribution in [1.82, 2.24) is 4.98 Å². The van der Waals surface area contributed by atoms with Crippen molar-refractivity contribution < 1.29 is 0 Å². The number of H-pyrrole nitrogens is 1. The van der Waals surface area contributed by atoms with Crippen molar-refractivity contribution in [3.8, 4) is 0 Å². The van der Waals surface area contributed by atoms with Crippen LogP contribution in [0.1, 0.15) is 0 Å². The Kier molecular flexibility index (Phi) is 1.40. The average Bonchev–Trinajstić information content (AvgIpc) is 1.91. The monoisotopic (exact) mass is 179 g/mol. The van der Waals surface area contributed by atoms with Crippen molar-refractivity contribution in [2.45, 2.75) is 0 Å². The summed E-state index contributed by atoms with van der Waals surface area (Å²) in [4.78, 5) is 2.85. The van der Waals surface area contributed by atoms with E-state index in [1.54, 1.807) is 12.3 Å². The number of aromatic amines is 1. The van der Waals surface area contributed by atoms with Gasteiger partial charge in [0.2, 0.25) is 0 Å². The van der Waals surface area contributed by atoms with Gasteiger partial charge in [0.25, 0.3) is 0 Å². The molecule has 0 aliphatic carbocycles. The zero-order chi connectivity index (χ0) is 5.28. The standard InChI is InChI=1S/C4H3BrClN/c5-4-3(6)1-2-7-4/h1-2,7H. The summed E-state index contributed by atoms with van der Waals surface area (Å²) in [5, 5.41) is 0.722. The minimum Gasteiger partial charge on any atom is -0.355 e. The molecule has 1 N–H and O–H groups in total. The van der Waals surface area contributed by atoms with Gasteiger partial charge in [-0.3, -0.25) is 0 Å². The van der Waals surface area contributed by atoms with Crippen molar-refractivity contribution in [3.63, 3.8) is 0 Å². The quantitative estimate of drug-likeness (QED) is 0.631. The lowest BCUT2D eigenvalue weighted by Gasteiger charge is -1.76. The number of halogens is 2. The van der Waals surface area contributed by atoms with E-state index in [-0.39, 0.29) is 0 Å². The zero-order valence-electron chi connectivity index (χ0n) is 3.41. The van der Waals surface area contributed by atoms with Crippen molar-refractivity contribution >= 4 is 27.5 Å². The molecule has 0 bridgehead atoms. The van der Waals surface area contributed by atoms with Gasteiger partial charge >= 0.3 is 0 Å². The molecule has 0 spiro atoms. The number of aromatic nitrogens is 1. The van der Waals surface area contributed by atoms with E-state index in [4.69, 9.17) is 11.6 Å². The molecule has 0 aromatic carbocycles. The first-order chi connectivity index (χ1) is 3.30. The van der Waals surface area contributed by atoms with E-state index in [0.29, 0.717) is 0 Å². The van der Waals surface area contributed by atoms with Gasteiger partial charge in [0, 0.05) is 6.20 Å². The van der Waals surface area contributed by atoms with Crippen LogP contribution >= 0.6 is 27.5 Å². The molecular weight excluding hydrogens is 177 g/mol. The summed E-state index contributed by atoms with van der Waals surface area (Å²) in [6.45, 7) is 0. The molecule has 7 heavy (non-hydrogen) atoms. The van der Waals surface area contributed by atoms with Gasteiger partial charge < -0.3 is 4.98 Å². The molecule has 0 fully saturated rings.